The number of nitrogens with zero attached hydrogens (tertiary/aromatic N) is 2. The molecule has 2 aromatic carbocycles. The Morgan fingerprint density at radius 3 is 2.39 bits per heavy atom. The van der Waals surface area contributed by atoms with Crippen molar-refractivity contribution in [2.24, 2.45) is 4.99 Å². The molecule has 0 saturated carbocycles. The normalized spacial score (nSPS) is 13.3. The molecule has 0 radical (unpaired) electrons. The number of para-hydroxylation sites is 1. The molecule has 0 atom stereocenters. The maximum Gasteiger partial charge on any atom is 0.164 e. The van der Waals surface area contributed by atoms with Gasteiger partial charge in [0.25, 0.3) is 0 Å². The fourth-order valence-electron chi connectivity index (χ4n) is 2.77. The summed E-state index contributed by atoms with van der Waals surface area (Å²) in [4.78, 5) is 7.03. The number of amidine groups is 1. The molecule has 0 fully saturated rings. The Morgan fingerprint density at radius 1 is 1.04 bits per heavy atom. The molecular weight excluding hydrogens is 308 g/mol. The molecule has 0 aromatic heterocycles. The molecule has 120 valence electrons. The Balaban J connectivity index is 1.95. The molecular formula is C18H20N2O2S. The summed E-state index contributed by atoms with van der Waals surface area (Å²) in [5, 5.41) is 1.01. The second kappa shape index (κ2) is 6.96. The van der Waals surface area contributed by atoms with Crippen LogP contribution >= 0.6 is 11.8 Å². The third kappa shape index (κ3) is 3.15. The first kappa shape index (κ1) is 15.7. The highest BCUT2D eigenvalue weighted by atomic mass is 32.2. The minimum Gasteiger partial charge on any atom is -0.496 e. The number of methoxy groups -OCH3 is 2. The molecule has 1 aliphatic heterocycles. The van der Waals surface area contributed by atoms with Gasteiger partial charge in [0.05, 0.1) is 32.0 Å². The van der Waals surface area contributed by atoms with Crippen LogP contribution < -0.4 is 9.47 Å². The maximum atomic E-state index is 5.51. The van der Waals surface area contributed by atoms with Crippen molar-refractivity contribution in [3.05, 3.63) is 53.6 Å². The number of benzene rings is 2. The summed E-state index contributed by atoms with van der Waals surface area (Å²) >= 11 is 1.66. The Labute approximate surface area is 141 Å². The first-order chi connectivity index (χ1) is 11.3. The van der Waals surface area contributed by atoms with Crippen molar-refractivity contribution in [1.82, 2.24) is 4.90 Å². The minimum atomic E-state index is 0.696. The van der Waals surface area contributed by atoms with E-state index in [1.54, 1.807) is 26.0 Å². The molecule has 0 aliphatic carbocycles. The number of ether oxygens (including phenoxy) is 2. The first-order valence-corrected chi connectivity index (χ1v) is 8.64. The zero-order valence-electron chi connectivity index (χ0n) is 13.6. The molecule has 23 heavy (non-hydrogen) atoms. The third-order valence-electron chi connectivity index (χ3n) is 3.90. The van der Waals surface area contributed by atoms with Gasteiger partial charge in [0.15, 0.2) is 5.17 Å². The van der Waals surface area contributed by atoms with Crippen LogP contribution in [0.2, 0.25) is 0 Å². The van der Waals surface area contributed by atoms with Crippen molar-refractivity contribution in [3.63, 3.8) is 0 Å². The number of aliphatic imine (C=N–C) groups is 1. The van der Waals surface area contributed by atoms with Crippen LogP contribution in [0.5, 0.6) is 11.5 Å². The average Bonchev–Trinajstić information content (AvgIpc) is 2.61. The quantitative estimate of drug-likeness (QED) is 0.847. The number of thioether (sulfide) groups is 1. The molecule has 0 saturated heterocycles. The van der Waals surface area contributed by atoms with Gasteiger partial charge in [0.2, 0.25) is 0 Å². The van der Waals surface area contributed by atoms with Gasteiger partial charge < -0.3 is 14.4 Å². The lowest BCUT2D eigenvalue weighted by atomic mass is 10.1. The van der Waals surface area contributed by atoms with E-state index in [2.05, 4.69) is 29.4 Å². The molecule has 5 heteroatoms. The van der Waals surface area contributed by atoms with Crippen molar-refractivity contribution >= 4 is 22.6 Å². The van der Waals surface area contributed by atoms with Crippen LogP contribution in [-0.2, 0) is 13.1 Å². The molecule has 1 heterocycles. The van der Waals surface area contributed by atoms with Gasteiger partial charge in [0, 0.05) is 6.54 Å². The highest BCUT2D eigenvalue weighted by molar-refractivity contribution is 8.13. The van der Waals surface area contributed by atoms with Gasteiger partial charge in [-0.1, -0.05) is 36.0 Å². The van der Waals surface area contributed by atoms with Crippen LogP contribution in [0, 0.1) is 0 Å². The fourth-order valence-corrected chi connectivity index (χ4v) is 3.35. The van der Waals surface area contributed by atoms with E-state index in [1.807, 2.05) is 24.3 Å². The van der Waals surface area contributed by atoms with Crippen molar-refractivity contribution in [2.75, 3.05) is 20.5 Å². The smallest absolute Gasteiger partial charge is 0.164 e. The van der Waals surface area contributed by atoms with Crippen LogP contribution in [0.4, 0.5) is 5.69 Å². The zero-order chi connectivity index (χ0) is 16.2. The number of hydrogen-bond acceptors (Lipinski definition) is 5. The maximum absolute atomic E-state index is 5.51. The van der Waals surface area contributed by atoms with Gasteiger partial charge in [-0.05, 0) is 30.0 Å². The first-order valence-electron chi connectivity index (χ1n) is 7.42. The van der Waals surface area contributed by atoms with Gasteiger partial charge in [0.1, 0.15) is 11.5 Å². The fraction of sp³-hybridized carbons (Fsp3) is 0.278. The van der Waals surface area contributed by atoms with Crippen LogP contribution in [0.1, 0.15) is 11.1 Å². The van der Waals surface area contributed by atoms with E-state index in [0.29, 0.717) is 6.54 Å². The minimum absolute atomic E-state index is 0.696. The topological polar surface area (TPSA) is 34.1 Å². The highest BCUT2D eigenvalue weighted by Gasteiger charge is 2.22. The zero-order valence-corrected chi connectivity index (χ0v) is 14.4. The SMILES string of the molecule is COc1cccc(OC)c1CN1Cc2ccccc2N=C1SC. The van der Waals surface area contributed by atoms with E-state index in [9.17, 15) is 0 Å². The lowest BCUT2D eigenvalue weighted by Gasteiger charge is -2.30. The third-order valence-corrected chi connectivity index (χ3v) is 4.62. The summed E-state index contributed by atoms with van der Waals surface area (Å²) in [6.45, 7) is 1.53. The monoisotopic (exact) mass is 328 g/mol. The lowest BCUT2D eigenvalue weighted by Crippen LogP contribution is -2.30. The van der Waals surface area contributed by atoms with Crippen molar-refractivity contribution in [2.45, 2.75) is 13.1 Å². The van der Waals surface area contributed by atoms with Gasteiger partial charge >= 0.3 is 0 Å². The van der Waals surface area contributed by atoms with Crippen LogP contribution in [0.25, 0.3) is 0 Å². The van der Waals surface area contributed by atoms with E-state index in [4.69, 9.17) is 14.5 Å². The summed E-state index contributed by atoms with van der Waals surface area (Å²) in [5.74, 6) is 1.67. The molecule has 3 rings (SSSR count). The number of fused-ring (bicyclic) bond motifs is 1. The molecule has 2 aromatic rings. The second-order valence-corrected chi connectivity index (χ2v) is 6.00. The van der Waals surface area contributed by atoms with Crippen LogP contribution in [-0.4, -0.2) is 30.5 Å². The van der Waals surface area contributed by atoms with Crippen molar-refractivity contribution in [1.29, 1.82) is 0 Å². The number of hydrogen-bond donors (Lipinski definition) is 0. The Hall–Kier alpha value is -2.14. The summed E-state index contributed by atoms with van der Waals surface area (Å²) in [7, 11) is 3.38. The van der Waals surface area contributed by atoms with E-state index >= 15 is 0 Å². The van der Waals surface area contributed by atoms with Gasteiger partial charge in [-0.2, -0.15) is 0 Å². The van der Waals surface area contributed by atoms with E-state index < -0.39 is 0 Å². The van der Waals surface area contributed by atoms with Crippen LogP contribution in [0.3, 0.4) is 0 Å². The predicted molar refractivity (Wildman–Crippen MR) is 95.8 cm³/mol. The molecule has 0 amide bonds. The highest BCUT2D eigenvalue weighted by Crippen LogP contribution is 2.34. The Bertz CT molecular complexity index is 708. The molecule has 0 unspecified atom stereocenters. The largest absolute Gasteiger partial charge is 0.496 e. The molecule has 1 aliphatic rings. The summed E-state index contributed by atoms with van der Waals surface area (Å²) in [6.07, 6.45) is 2.05. The molecule has 0 spiro atoms. The molecule has 4 nitrogen and oxygen atoms in total. The summed E-state index contributed by atoms with van der Waals surface area (Å²) < 4.78 is 11.0. The van der Waals surface area contributed by atoms with Crippen molar-refractivity contribution in [3.8, 4) is 11.5 Å². The summed E-state index contributed by atoms with van der Waals surface area (Å²) in [5.41, 5.74) is 3.33. The van der Waals surface area contributed by atoms with Crippen molar-refractivity contribution < 1.29 is 9.47 Å². The molecule has 0 N–H and O–H groups in total. The van der Waals surface area contributed by atoms with Gasteiger partial charge in [-0.15, -0.1) is 0 Å². The average molecular weight is 328 g/mol. The van der Waals surface area contributed by atoms with Crippen LogP contribution in [0.15, 0.2) is 47.5 Å². The number of rotatable bonds is 4. The summed E-state index contributed by atoms with van der Waals surface area (Å²) in [6, 6.07) is 14.1. The lowest BCUT2D eigenvalue weighted by molar-refractivity contribution is 0.353. The van der Waals surface area contributed by atoms with E-state index in [0.717, 1.165) is 34.5 Å². The standard InChI is InChI=1S/C18H20N2O2S/c1-21-16-9-6-10-17(22-2)14(16)12-20-11-13-7-4-5-8-15(13)19-18(20)23-3/h4-10H,11-12H2,1-3H3. The van der Waals surface area contributed by atoms with Gasteiger partial charge in [-0.3, -0.25) is 0 Å². The van der Waals surface area contributed by atoms with Gasteiger partial charge in [-0.25, -0.2) is 4.99 Å². The molecule has 0 bridgehead atoms. The Kier molecular flexibility index (Phi) is 4.76. The van der Waals surface area contributed by atoms with E-state index in [1.165, 1.54) is 5.56 Å². The Morgan fingerprint density at radius 2 is 1.74 bits per heavy atom. The van der Waals surface area contributed by atoms with E-state index in [-0.39, 0.29) is 0 Å². The predicted octanol–water partition coefficient (Wildman–Crippen LogP) is 4.07. The second-order valence-electron chi connectivity index (χ2n) is 5.22.